The van der Waals surface area contributed by atoms with Gasteiger partial charge in [-0.15, -0.1) is 0 Å². The average molecular weight is 460 g/mol. The second kappa shape index (κ2) is 6.61. The summed E-state index contributed by atoms with van der Waals surface area (Å²) in [7, 11) is 0. The first kappa shape index (κ1) is 19.1. The van der Waals surface area contributed by atoms with Crippen LogP contribution in [0.2, 0.25) is 0 Å². The molecule has 0 spiro atoms. The second-order valence-corrected chi connectivity index (χ2v) is 7.33. The summed E-state index contributed by atoms with van der Waals surface area (Å²) in [5.41, 5.74) is -1.58. The number of carbonyl (C=O) groups is 1. The number of allylic oxidation sites excluding steroid dienone is 1. The van der Waals surface area contributed by atoms with Gasteiger partial charge in [-0.2, -0.15) is 8.78 Å². The molecule has 0 aromatic heterocycles. The molecule has 8 heteroatoms. The van der Waals surface area contributed by atoms with Crippen LogP contribution in [0, 0.1) is 45.2 Å². The Kier molecular flexibility index (Phi) is 5.27. The number of esters is 1. The van der Waals surface area contributed by atoms with Gasteiger partial charge in [-0.1, -0.05) is 13.8 Å². The topological polar surface area (TPSA) is 26.3 Å². The monoisotopic (exact) mass is 460 g/mol. The Morgan fingerprint density at radius 1 is 1.21 bits per heavy atom. The van der Waals surface area contributed by atoms with Crippen molar-refractivity contribution in [1.82, 2.24) is 0 Å². The molecule has 132 valence electrons. The number of ether oxygens (including phenoxy) is 1. The molecule has 2 atom stereocenters. The van der Waals surface area contributed by atoms with E-state index in [1.54, 1.807) is 13.8 Å². The molecule has 1 fully saturated rings. The van der Waals surface area contributed by atoms with E-state index >= 15 is 0 Å². The van der Waals surface area contributed by atoms with Gasteiger partial charge in [0.1, 0.15) is 12.4 Å². The molecule has 2 rings (SSSR count). The minimum absolute atomic E-state index is 0.182. The SMILES string of the molecule is Cc1c(F)c(F)c(COC(=O)[C@@H]2[C@@H](C=C(F)F)C2(C)C)c(I)c1F. The maximum atomic E-state index is 13.9. The van der Waals surface area contributed by atoms with E-state index in [1.165, 1.54) is 22.6 Å². The number of halogens is 6. The maximum Gasteiger partial charge on any atom is 0.310 e. The highest BCUT2D eigenvalue weighted by Crippen LogP contribution is 2.60. The number of carbonyl (C=O) groups excluding carboxylic acids is 1. The molecule has 1 aliphatic rings. The van der Waals surface area contributed by atoms with Gasteiger partial charge in [0.25, 0.3) is 6.08 Å². The molecule has 1 aromatic rings. The Morgan fingerprint density at radius 2 is 1.79 bits per heavy atom. The van der Waals surface area contributed by atoms with Crippen molar-refractivity contribution in [2.24, 2.45) is 17.3 Å². The van der Waals surface area contributed by atoms with Crippen LogP contribution in [-0.4, -0.2) is 5.97 Å². The summed E-state index contributed by atoms with van der Waals surface area (Å²) in [6.45, 7) is 3.68. The Bertz CT molecular complexity index is 697. The van der Waals surface area contributed by atoms with Crippen LogP contribution in [0.15, 0.2) is 12.2 Å². The quantitative estimate of drug-likeness (QED) is 0.270. The Hall–Kier alpha value is -1.19. The van der Waals surface area contributed by atoms with Gasteiger partial charge in [-0.3, -0.25) is 4.79 Å². The predicted molar refractivity (Wildman–Crippen MR) is 84.6 cm³/mol. The van der Waals surface area contributed by atoms with Crippen LogP contribution in [0.4, 0.5) is 22.0 Å². The highest BCUT2D eigenvalue weighted by Gasteiger charge is 2.62. The zero-order valence-electron chi connectivity index (χ0n) is 13.0. The van der Waals surface area contributed by atoms with Gasteiger partial charge in [-0.05, 0) is 41.0 Å². The van der Waals surface area contributed by atoms with E-state index in [0.717, 1.165) is 6.92 Å². The third-order valence-electron chi connectivity index (χ3n) is 4.40. The third kappa shape index (κ3) is 3.29. The lowest BCUT2D eigenvalue weighted by molar-refractivity contribution is -0.147. The fourth-order valence-corrected chi connectivity index (χ4v) is 3.52. The van der Waals surface area contributed by atoms with Crippen LogP contribution in [-0.2, 0) is 16.1 Å². The highest BCUT2D eigenvalue weighted by molar-refractivity contribution is 14.1. The van der Waals surface area contributed by atoms with Crippen molar-refractivity contribution in [2.45, 2.75) is 27.4 Å². The zero-order chi connectivity index (χ0) is 18.4. The molecule has 0 N–H and O–H groups in total. The summed E-state index contributed by atoms with van der Waals surface area (Å²) < 4.78 is 70.8. The zero-order valence-corrected chi connectivity index (χ0v) is 15.2. The van der Waals surface area contributed by atoms with Gasteiger partial charge in [0.15, 0.2) is 11.6 Å². The van der Waals surface area contributed by atoms with Crippen molar-refractivity contribution in [2.75, 3.05) is 0 Å². The summed E-state index contributed by atoms with van der Waals surface area (Å²) in [6, 6.07) is 0. The van der Waals surface area contributed by atoms with E-state index in [0.29, 0.717) is 6.08 Å². The van der Waals surface area contributed by atoms with E-state index in [1.807, 2.05) is 0 Å². The molecule has 0 aliphatic heterocycles. The smallest absolute Gasteiger partial charge is 0.310 e. The second-order valence-electron chi connectivity index (χ2n) is 6.25. The van der Waals surface area contributed by atoms with Crippen molar-refractivity contribution in [3.05, 3.63) is 44.3 Å². The molecule has 0 bridgehead atoms. The molecule has 0 unspecified atom stereocenters. The van der Waals surface area contributed by atoms with E-state index in [4.69, 9.17) is 4.74 Å². The van der Waals surface area contributed by atoms with Gasteiger partial charge in [0.2, 0.25) is 0 Å². The summed E-state index contributed by atoms with van der Waals surface area (Å²) in [6.07, 6.45) is -1.21. The minimum atomic E-state index is -1.90. The van der Waals surface area contributed by atoms with Crippen LogP contribution in [0.1, 0.15) is 25.0 Å². The van der Waals surface area contributed by atoms with Crippen molar-refractivity contribution >= 4 is 28.6 Å². The maximum absolute atomic E-state index is 13.9. The molecule has 0 radical (unpaired) electrons. The largest absolute Gasteiger partial charge is 0.460 e. The van der Waals surface area contributed by atoms with Crippen molar-refractivity contribution in [3.8, 4) is 0 Å². The van der Waals surface area contributed by atoms with Crippen LogP contribution in [0.3, 0.4) is 0 Å². The number of hydrogen-bond acceptors (Lipinski definition) is 2. The number of hydrogen-bond donors (Lipinski definition) is 0. The van der Waals surface area contributed by atoms with Crippen LogP contribution in [0.25, 0.3) is 0 Å². The molecule has 1 saturated carbocycles. The summed E-state index contributed by atoms with van der Waals surface area (Å²) in [5.74, 6) is -5.85. The lowest BCUT2D eigenvalue weighted by Gasteiger charge is -2.12. The Balaban J connectivity index is 2.16. The van der Waals surface area contributed by atoms with Crippen LogP contribution < -0.4 is 0 Å². The van der Waals surface area contributed by atoms with Crippen molar-refractivity contribution < 1.29 is 31.5 Å². The molecule has 1 aliphatic carbocycles. The molecule has 1 aromatic carbocycles. The van der Waals surface area contributed by atoms with Gasteiger partial charge in [0, 0.05) is 17.0 Å². The summed E-state index contributed by atoms with van der Waals surface area (Å²) >= 11 is 1.50. The first-order valence-electron chi connectivity index (χ1n) is 7.01. The van der Waals surface area contributed by atoms with Crippen LogP contribution >= 0.6 is 22.6 Å². The average Bonchev–Trinajstić information content (AvgIpc) is 3.02. The van der Waals surface area contributed by atoms with Gasteiger partial charge >= 0.3 is 5.97 Å². The summed E-state index contributed by atoms with van der Waals surface area (Å²) in [5, 5.41) is 0. The third-order valence-corrected chi connectivity index (χ3v) is 5.53. The molecule has 0 amide bonds. The first-order chi connectivity index (χ1) is 11.0. The molecule has 0 saturated heterocycles. The molecule has 24 heavy (non-hydrogen) atoms. The van der Waals surface area contributed by atoms with Crippen LogP contribution in [0.5, 0.6) is 0 Å². The number of rotatable bonds is 4. The van der Waals surface area contributed by atoms with Gasteiger partial charge in [-0.25, -0.2) is 13.2 Å². The van der Waals surface area contributed by atoms with Gasteiger partial charge in [0.05, 0.1) is 9.49 Å². The molecular formula is C16H14F5IO2. The Morgan fingerprint density at radius 3 is 2.33 bits per heavy atom. The lowest BCUT2D eigenvalue weighted by Crippen LogP contribution is -2.13. The standard InChI is InChI=1S/C16H14F5IO2/c1-6-11(19)13(21)7(14(22)12(6)20)5-24-15(23)10-8(4-9(17)18)16(10,2)3/h4,8,10H,5H2,1-3H3/t8-,10+/m1/s1. The summed E-state index contributed by atoms with van der Waals surface area (Å²) in [4.78, 5) is 12.0. The number of benzene rings is 1. The van der Waals surface area contributed by atoms with Crippen molar-refractivity contribution in [1.29, 1.82) is 0 Å². The molecule has 0 heterocycles. The van der Waals surface area contributed by atoms with E-state index < -0.39 is 64.5 Å². The van der Waals surface area contributed by atoms with Gasteiger partial charge < -0.3 is 4.74 Å². The van der Waals surface area contributed by atoms with Crippen molar-refractivity contribution in [3.63, 3.8) is 0 Å². The fourth-order valence-electron chi connectivity index (χ4n) is 2.72. The van der Waals surface area contributed by atoms with E-state index in [9.17, 15) is 26.7 Å². The van der Waals surface area contributed by atoms with E-state index in [-0.39, 0.29) is 3.57 Å². The predicted octanol–water partition coefficient (Wildman–Crippen LogP) is 5.11. The first-order valence-corrected chi connectivity index (χ1v) is 8.08. The highest BCUT2D eigenvalue weighted by atomic mass is 127. The fraction of sp³-hybridized carbons (Fsp3) is 0.438. The molecule has 2 nitrogen and oxygen atoms in total. The molecular weight excluding hydrogens is 446 g/mol. The Labute approximate surface area is 149 Å². The lowest BCUT2D eigenvalue weighted by atomic mass is 10.1. The van der Waals surface area contributed by atoms with E-state index in [2.05, 4.69) is 0 Å². The minimum Gasteiger partial charge on any atom is -0.460 e. The normalized spacial score (nSPS) is 21.4.